The smallest absolute Gasteiger partial charge is 0.287 e. The van der Waals surface area contributed by atoms with Crippen LogP contribution in [0, 0.1) is 5.82 Å². The Bertz CT molecular complexity index is 1150. The Morgan fingerprint density at radius 2 is 1.75 bits per heavy atom. The Labute approximate surface area is 161 Å². The number of hydrogen-bond donors (Lipinski definition) is 1. The summed E-state index contributed by atoms with van der Waals surface area (Å²) in [6.07, 6.45) is 2.76. The van der Waals surface area contributed by atoms with E-state index in [1.165, 1.54) is 17.7 Å². The lowest BCUT2D eigenvalue weighted by Crippen LogP contribution is -2.28. The molecular weight excluding hydrogens is 353 g/mol. The molecule has 2 aromatic heterocycles. The fourth-order valence-corrected chi connectivity index (χ4v) is 3.67. The molecule has 1 N–H and O–H groups in total. The molecule has 2 aromatic carbocycles. The molecule has 0 spiro atoms. The van der Waals surface area contributed by atoms with E-state index in [1.807, 2.05) is 42.6 Å². The first kappa shape index (κ1) is 16.7. The van der Waals surface area contributed by atoms with Crippen molar-refractivity contribution in [1.82, 2.24) is 14.7 Å². The fraction of sp³-hybridized carbons (Fsp3) is 0.130. The zero-order valence-corrected chi connectivity index (χ0v) is 15.0. The minimum Gasteiger partial charge on any atom is -0.346 e. The van der Waals surface area contributed by atoms with Crippen LogP contribution in [0.5, 0.6) is 0 Å². The number of hydrogen-bond acceptors (Lipinski definition) is 2. The van der Waals surface area contributed by atoms with Gasteiger partial charge in [0.05, 0.1) is 11.2 Å². The van der Waals surface area contributed by atoms with Crippen LogP contribution < -0.4 is 5.32 Å². The first-order chi connectivity index (χ1) is 13.7. The molecule has 28 heavy (non-hydrogen) atoms. The van der Waals surface area contributed by atoms with E-state index < -0.39 is 0 Å². The summed E-state index contributed by atoms with van der Waals surface area (Å²) in [5, 5.41) is 3.10. The Morgan fingerprint density at radius 3 is 2.54 bits per heavy atom. The molecule has 0 bridgehead atoms. The number of aromatic nitrogens is 2. The normalized spacial score (nSPS) is 18.2. The highest BCUT2D eigenvalue weighted by Crippen LogP contribution is 2.40. The molecule has 0 radical (unpaired) electrons. The summed E-state index contributed by atoms with van der Waals surface area (Å²) in [7, 11) is 0. The summed E-state index contributed by atoms with van der Waals surface area (Å²) in [5.74, 6) is 0.200. The van der Waals surface area contributed by atoms with Gasteiger partial charge in [-0.15, -0.1) is 0 Å². The molecule has 1 saturated carbocycles. The average molecular weight is 371 g/mol. The molecule has 2 heterocycles. The molecule has 0 unspecified atom stereocenters. The molecular formula is C23H18FN3O. The molecule has 5 heteroatoms. The lowest BCUT2D eigenvalue weighted by Gasteiger charge is -2.04. The molecule has 0 saturated heterocycles. The zero-order chi connectivity index (χ0) is 19.1. The Hall–Kier alpha value is -3.47. The number of carbonyl (C=O) groups excluding carboxylic acids is 1. The van der Waals surface area contributed by atoms with E-state index >= 15 is 0 Å². The van der Waals surface area contributed by atoms with Crippen LogP contribution in [0.1, 0.15) is 28.5 Å². The second-order valence-electron chi connectivity index (χ2n) is 7.08. The summed E-state index contributed by atoms with van der Waals surface area (Å²) in [6.45, 7) is 0. The van der Waals surface area contributed by atoms with Crippen molar-refractivity contribution in [3.8, 4) is 11.3 Å². The molecule has 4 nitrogen and oxygen atoms in total. The van der Waals surface area contributed by atoms with E-state index in [1.54, 1.807) is 16.5 Å². The minimum atomic E-state index is -0.300. The lowest BCUT2D eigenvalue weighted by molar-refractivity contribution is 0.0939. The number of nitrogens with one attached hydrogen (secondary N) is 1. The predicted molar refractivity (Wildman–Crippen MR) is 106 cm³/mol. The first-order valence-electron chi connectivity index (χ1n) is 9.29. The number of imidazole rings is 1. The first-order valence-corrected chi connectivity index (χ1v) is 9.29. The van der Waals surface area contributed by atoms with Gasteiger partial charge in [-0.05, 0) is 48.4 Å². The van der Waals surface area contributed by atoms with Gasteiger partial charge < -0.3 is 5.32 Å². The minimum absolute atomic E-state index is 0.125. The van der Waals surface area contributed by atoms with Gasteiger partial charge in [0.2, 0.25) is 5.82 Å². The Kier molecular flexibility index (Phi) is 3.93. The SMILES string of the molecule is O=C(N[C@H]1C[C@@H]1c1ccccc1)c1nc(-c2ccc(F)cc2)c2ccccn12. The summed E-state index contributed by atoms with van der Waals surface area (Å²) in [5.41, 5.74) is 3.50. The topological polar surface area (TPSA) is 46.4 Å². The third kappa shape index (κ3) is 2.95. The van der Waals surface area contributed by atoms with Gasteiger partial charge in [-0.1, -0.05) is 36.4 Å². The van der Waals surface area contributed by atoms with E-state index in [0.29, 0.717) is 17.4 Å². The van der Waals surface area contributed by atoms with Crippen LogP contribution in [0.4, 0.5) is 4.39 Å². The van der Waals surface area contributed by atoms with Gasteiger partial charge in [0.1, 0.15) is 5.82 Å². The summed E-state index contributed by atoms with van der Waals surface area (Å²) >= 11 is 0. The van der Waals surface area contributed by atoms with Crippen LogP contribution in [-0.4, -0.2) is 21.3 Å². The van der Waals surface area contributed by atoms with Crippen LogP contribution >= 0.6 is 0 Å². The third-order valence-electron chi connectivity index (χ3n) is 5.20. The molecule has 138 valence electrons. The Morgan fingerprint density at radius 1 is 1.00 bits per heavy atom. The molecule has 1 amide bonds. The third-order valence-corrected chi connectivity index (χ3v) is 5.20. The highest BCUT2D eigenvalue weighted by Gasteiger charge is 2.40. The lowest BCUT2D eigenvalue weighted by atomic mass is 10.1. The van der Waals surface area contributed by atoms with Crippen molar-refractivity contribution in [2.75, 3.05) is 0 Å². The molecule has 1 aliphatic carbocycles. The molecule has 1 aliphatic rings. The van der Waals surface area contributed by atoms with Crippen LogP contribution in [0.15, 0.2) is 79.0 Å². The van der Waals surface area contributed by atoms with Crippen LogP contribution in [0.2, 0.25) is 0 Å². The van der Waals surface area contributed by atoms with Crippen molar-refractivity contribution in [3.05, 3.63) is 96.2 Å². The van der Waals surface area contributed by atoms with Gasteiger partial charge in [0.15, 0.2) is 0 Å². The number of rotatable bonds is 4. The second-order valence-corrected chi connectivity index (χ2v) is 7.08. The molecule has 5 rings (SSSR count). The van der Waals surface area contributed by atoms with Gasteiger partial charge in [0.25, 0.3) is 5.91 Å². The van der Waals surface area contributed by atoms with Crippen molar-refractivity contribution in [2.24, 2.45) is 0 Å². The number of amides is 1. The van der Waals surface area contributed by atoms with Crippen molar-refractivity contribution in [2.45, 2.75) is 18.4 Å². The van der Waals surface area contributed by atoms with Crippen LogP contribution in [0.25, 0.3) is 16.8 Å². The van der Waals surface area contributed by atoms with Gasteiger partial charge in [0, 0.05) is 23.7 Å². The van der Waals surface area contributed by atoms with Crippen molar-refractivity contribution >= 4 is 11.4 Å². The largest absolute Gasteiger partial charge is 0.346 e. The summed E-state index contributed by atoms with van der Waals surface area (Å²) in [4.78, 5) is 17.5. The number of halogens is 1. The van der Waals surface area contributed by atoms with E-state index in [4.69, 9.17) is 0 Å². The van der Waals surface area contributed by atoms with E-state index in [2.05, 4.69) is 22.4 Å². The van der Waals surface area contributed by atoms with E-state index in [-0.39, 0.29) is 17.8 Å². The maximum atomic E-state index is 13.3. The van der Waals surface area contributed by atoms with Crippen LogP contribution in [0.3, 0.4) is 0 Å². The second kappa shape index (κ2) is 6.60. The maximum absolute atomic E-state index is 13.3. The number of nitrogens with zero attached hydrogens (tertiary/aromatic N) is 2. The van der Waals surface area contributed by atoms with Crippen molar-refractivity contribution < 1.29 is 9.18 Å². The van der Waals surface area contributed by atoms with Crippen molar-refractivity contribution in [3.63, 3.8) is 0 Å². The Balaban J connectivity index is 1.45. The van der Waals surface area contributed by atoms with Gasteiger partial charge in [-0.3, -0.25) is 9.20 Å². The van der Waals surface area contributed by atoms with Gasteiger partial charge in [-0.25, -0.2) is 9.37 Å². The van der Waals surface area contributed by atoms with E-state index in [9.17, 15) is 9.18 Å². The van der Waals surface area contributed by atoms with Crippen molar-refractivity contribution in [1.29, 1.82) is 0 Å². The molecule has 4 aromatic rings. The number of pyridine rings is 1. The molecule has 2 atom stereocenters. The average Bonchev–Trinajstić information content (AvgIpc) is 3.39. The molecule has 0 aliphatic heterocycles. The monoisotopic (exact) mass is 371 g/mol. The fourth-order valence-electron chi connectivity index (χ4n) is 3.67. The van der Waals surface area contributed by atoms with Gasteiger partial charge >= 0.3 is 0 Å². The number of fused-ring (bicyclic) bond motifs is 1. The highest BCUT2D eigenvalue weighted by molar-refractivity contribution is 5.95. The quantitative estimate of drug-likeness (QED) is 0.577. The standard InChI is InChI=1S/C23H18FN3O/c24-17-11-9-16(10-12-17)21-20-8-4-5-13-27(20)22(26-21)23(28)25-19-14-18(19)15-6-2-1-3-7-15/h1-13,18-19H,14H2,(H,25,28)/t18-,19+/m1/s1. The molecule has 1 fully saturated rings. The predicted octanol–water partition coefficient (Wildman–Crippen LogP) is 4.43. The summed E-state index contributed by atoms with van der Waals surface area (Å²) in [6, 6.07) is 22.2. The zero-order valence-electron chi connectivity index (χ0n) is 15.0. The number of carbonyl (C=O) groups is 1. The highest BCUT2D eigenvalue weighted by atomic mass is 19.1. The van der Waals surface area contributed by atoms with Gasteiger partial charge in [-0.2, -0.15) is 0 Å². The summed E-state index contributed by atoms with van der Waals surface area (Å²) < 4.78 is 15.1. The van der Waals surface area contributed by atoms with E-state index in [0.717, 1.165) is 17.5 Å². The van der Waals surface area contributed by atoms with Crippen LogP contribution in [-0.2, 0) is 0 Å². The maximum Gasteiger partial charge on any atom is 0.287 e. The number of benzene rings is 2.